The summed E-state index contributed by atoms with van der Waals surface area (Å²) in [6, 6.07) is 6.96. The van der Waals surface area contributed by atoms with Crippen molar-refractivity contribution in [3.05, 3.63) is 39.4 Å². The number of para-hydroxylation sites is 1. The van der Waals surface area contributed by atoms with Gasteiger partial charge in [0.25, 0.3) is 0 Å². The standard InChI is InChI=1S/C14H16ClN3O3/c15-11-3-1-2-4-12(11)16-5-7-17(8-6-16)14(19)10-9-13(10)18(20)21/h1-4,10,13H,5-9H2/t10-,13+/m0/s1. The summed E-state index contributed by atoms with van der Waals surface area (Å²) >= 11 is 6.17. The van der Waals surface area contributed by atoms with Gasteiger partial charge in [0, 0.05) is 37.5 Å². The molecule has 2 fully saturated rings. The van der Waals surface area contributed by atoms with Gasteiger partial charge >= 0.3 is 0 Å². The Balaban J connectivity index is 1.57. The number of carbonyl (C=O) groups excluding carboxylic acids is 1. The third-order valence-corrected chi connectivity index (χ3v) is 4.45. The topological polar surface area (TPSA) is 66.7 Å². The number of benzene rings is 1. The Kier molecular flexibility index (Phi) is 3.71. The van der Waals surface area contributed by atoms with Crippen LogP contribution in [0.1, 0.15) is 6.42 Å². The minimum absolute atomic E-state index is 0.0736. The van der Waals surface area contributed by atoms with Gasteiger partial charge in [0.1, 0.15) is 5.92 Å². The Hall–Kier alpha value is -1.82. The van der Waals surface area contributed by atoms with Gasteiger partial charge in [-0.2, -0.15) is 0 Å². The van der Waals surface area contributed by atoms with Crippen LogP contribution in [-0.2, 0) is 4.79 Å². The Morgan fingerprint density at radius 2 is 1.90 bits per heavy atom. The quantitative estimate of drug-likeness (QED) is 0.629. The largest absolute Gasteiger partial charge is 0.367 e. The molecule has 1 heterocycles. The van der Waals surface area contributed by atoms with E-state index in [1.54, 1.807) is 4.90 Å². The highest BCUT2D eigenvalue weighted by Crippen LogP contribution is 2.35. The van der Waals surface area contributed by atoms with Crippen molar-refractivity contribution in [1.29, 1.82) is 0 Å². The van der Waals surface area contributed by atoms with Crippen LogP contribution in [0.25, 0.3) is 0 Å². The first-order valence-electron chi connectivity index (χ1n) is 6.99. The van der Waals surface area contributed by atoms with Crippen molar-refractivity contribution in [2.45, 2.75) is 12.5 Å². The monoisotopic (exact) mass is 309 g/mol. The van der Waals surface area contributed by atoms with E-state index in [0.717, 1.165) is 5.69 Å². The maximum Gasteiger partial charge on any atom is 0.233 e. The lowest BCUT2D eigenvalue weighted by Gasteiger charge is -2.36. The number of hydrogen-bond donors (Lipinski definition) is 0. The number of nitrogens with zero attached hydrogens (tertiary/aromatic N) is 3. The molecule has 7 heteroatoms. The highest BCUT2D eigenvalue weighted by atomic mass is 35.5. The molecule has 3 rings (SSSR count). The predicted molar refractivity (Wildman–Crippen MR) is 79.1 cm³/mol. The predicted octanol–water partition coefficient (Wildman–Crippen LogP) is 1.65. The normalized spacial score (nSPS) is 24.8. The first-order chi connectivity index (χ1) is 10.1. The van der Waals surface area contributed by atoms with Gasteiger partial charge in [-0.25, -0.2) is 0 Å². The molecule has 0 unspecified atom stereocenters. The molecule has 0 radical (unpaired) electrons. The average Bonchev–Trinajstić information content (AvgIpc) is 3.28. The van der Waals surface area contributed by atoms with E-state index in [0.29, 0.717) is 37.6 Å². The molecule has 112 valence electrons. The molecule has 1 saturated heterocycles. The van der Waals surface area contributed by atoms with Gasteiger partial charge in [0.05, 0.1) is 10.7 Å². The van der Waals surface area contributed by atoms with Crippen LogP contribution in [0.2, 0.25) is 5.02 Å². The number of amides is 1. The fourth-order valence-corrected chi connectivity index (χ4v) is 3.05. The zero-order valence-corrected chi connectivity index (χ0v) is 12.2. The number of halogens is 1. The molecule has 1 aliphatic carbocycles. The summed E-state index contributed by atoms with van der Waals surface area (Å²) in [7, 11) is 0. The van der Waals surface area contributed by atoms with E-state index in [2.05, 4.69) is 4.90 Å². The van der Waals surface area contributed by atoms with Gasteiger partial charge in [-0.1, -0.05) is 23.7 Å². The summed E-state index contributed by atoms with van der Waals surface area (Å²) in [5.41, 5.74) is 0.973. The highest BCUT2D eigenvalue weighted by Gasteiger charge is 2.54. The molecule has 1 aliphatic heterocycles. The van der Waals surface area contributed by atoms with E-state index in [-0.39, 0.29) is 10.8 Å². The van der Waals surface area contributed by atoms with Crippen LogP contribution >= 0.6 is 11.6 Å². The number of anilines is 1. The molecule has 1 saturated carbocycles. The van der Waals surface area contributed by atoms with E-state index in [9.17, 15) is 14.9 Å². The average molecular weight is 310 g/mol. The first kappa shape index (κ1) is 14.1. The Labute approximate surface area is 127 Å². The van der Waals surface area contributed by atoms with Crippen molar-refractivity contribution in [2.24, 2.45) is 5.92 Å². The molecule has 0 aromatic heterocycles. The summed E-state index contributed by atoms with van der Waals surface area (Å²) in [5.74, 6) is -0.484. The van der Waals surface area contributed by atoms with Crippen LogP contribution in [0.5, 0.6) is 0 Å². The van der Waals surface area contributed by atoms with E-state index in [1.807, 2.05) is 24.3 Å². The molecule has 1 aromatic rings. The molecule has 21 heavy (non-hydrogen) atoms. The summed E-state index contributed by atoms with van der Waals surface area (Å²) < 4.78 is 0. The van der Waals surface area contributed by atoms with Gasteiger partial charge in [-0.05, 0) is 12.1 Å². The fourth-order valence-electron chi connectivity index (χ4n) is 2.79. The van der Waals surface area contributed by atoms with Gasteiger partial charge in [-0.3, -0.25) is 14.9 Å². The highest BCUT2D eigenvalue weighted by molar-refractivity contribution is 6.33. The zero-order valence-electron chi connectivity index (χ0n) is 11.4. The molecule has 0 N–H and O–H groups in total. The van der Waals surface area contributed by atoms with Crippen molar-refractivity contribution >= 4 is 23.2 Å². The molecule has 2 atom stereocenters. The maximum atomic E-state index is 12.2. The minimum atomic E-state index is -0.668. The third kappa shape index (κ3) is 2.81. The summed E-state index contributed by atoms with van der Waals surface area (Å²) in [5, 5.41) is 11.3. The van der Waals surface area contributed by atoms with Gasteiger partial charge in [0.2, 0.25) is 11.9 Å². The summed E-state index contributed by atoms with van der Waals surface area (Å²) in [6.45, 7) is 2.58. The van der Waals surface area contributed by atoms with Gasteiger partial charge in [-0.15, -0.1) is 0 Å². The summed E-state index contributed by atoms with van der Waals surface area (Å²) in [6.07, 6.45) is 0.385. The Morgan fingerprint density at radius 3 is 2.48 bits per heavy atom. The van der Waals surface area contributed by atoms with Crippen LogP contribution in [0.3, 0.4) is 0 Å². The minimum Gasteiger partial charge on any atom is -0.367 e. The van der Waals surface area contributed by atoms with E-state index >= 15 is 0 Å². The Bertz CT molecular complexity index is 572. The lowest BCUT2D eigenvalue weighted by atomic mass is 10.2. The first-order valence-corrected chi connectivity index (χ1v) is 7.37. The number of piperazine rings is 1. The zero-order chi connectivity index (χ0) is 15.0. The van der Waals surface area contributed by atoms with Crippen LogP contribution < -0.4 is 4.90 Å². The molecule has 2 aliphatic rings. The second kappa shape index (κ2) is 5.52. The lowest BCUT2D eigenvalue weighted by molar-refractivity contribution is -0.497. The van der Waals surface area contributed by atoms with Crippen LogP contribution in [0, 0.1) is 16.0 Å². The number of carbonyl (C=O) groups is 1. The van der Waals surface area contributed by atoms with Gasteiger partial charge in [0.15, 0.2) is 0 Å². The van der Waals surface area contributed by atoms with Crippen molar-refractivity contribution in [1.82, 2.24) is 4.90 Å². The van der Waals surface area contributed by atoms with Crippen LogP contribution in [-0.4, -0.2) is 48.0 Å². The smallest absolute Gasteiger partial charge is 0.233 e. The van der Waals surface area contributed by atoms with Crippen LogP contribution in [0.4, 0.5) is 5.69 Å². The number of nitro groups is 1. The maximum absolute atomic E-state index is 12.2. The second-order valence-corrected chi connectivity index (χ2v) is 5.87. The molecular weight excluding hydrogens is 294 g/mol. The van der Waals surface area contributed by atoms with E-state index in [1.165, 1.54) is 0 Å². The van der Waals surface area contributed by atoms with Crippen molar-refractivity contribution in [2.75, 3.05) is 31.1 Å². The molecular formula is C14H16ClN3O3. The van der Waals surface area contributed by atoms with E-state index < -0.39 is 12.0 Å². The fraction of sp³-hybridized carbons (Fsp3) is 0.500. The molecule has 1 aromatic carbocycles. The summed E-state index contributed by atoms with van der Waals surface area (Å²) in [4.78, 5) is 26.3. The lowest BCUT2D eigenvalue weighted by Crippen LogP contribution is -2.49. The molecule has 0 bridgehead atoms. The third-order valence-electron chi connectivity index (χ3n) is 4.13. The molecule has 0 spiro atoms. The molecule has 6 nitrogen and oxygen atoms in total. The van der Waals surface area contributed by atoms with Crippen molar-refractivity contribution in [3.8, 4) is 0 Å². The SMILES string of the molecule is O=C([C@H]1C[C@H]1[N+](=O)[O-])N1CCN(c2ccccc2Cl)CC1. The van der Waals surface area contributed by atoms with Crippen molar-refractivity contribution in [3.63, 3.8) is 0 Å². The van der Waals surface area contributed by atoms with E-state index in [4.69, 9.17) is 11.6 Å². The number of hydrogen-bond acceptors (Lipinski definition) is 4. The number of rotatable bonds is 3. The van der Waals surface area contributed by atoms with Gasteiger partial charge < -0.3 is 9.80 Å². The Morgan fingerprint density at radius 1 is 1.24 bits per heavy atom. The van der Waals surface area contributed by atoms with Crippen molar-refractivity contribution < 1.29 is 9.72 Å². The molecule has 1 amide bonds. The van der Waals surface area contributed by atoms with Crippen LogP contribution in [0.15, 0.2) is 24.3 Å². The second-order valence-electron chi connectivity index (χ2n) is 5.46.